The summed E-state index contributed by atoms with van der Waals surface area (Å²) in [4.78, 5) is 8.57. The molecule has 1 aromatic heterocycles. The summed E-state index contributed by atoms with van der Waals surface area (Å²) in [6, 6.07) is 7.86. The van der Waals surface area contributed by atoms with Crippen molar-refractivity contribution < 1.29 is 4.43 Å². The van der Waals surface area contributed by atoms with Gasteiger partial charge in [-0.3, -0.25) is 4.99 Å². The molecular formula is C14H19N3OSi. The van der Waals surface area contributed by atoms with Crippen LogP contribution in [0.4, 0.5) is 5.69 Å². The zero-order valence-corrected chi connectivity index (χ0v) is 12.8. The molecule has 2 rings (SSSR count). The Kier molecular flexibility index (Phi) is 3.85. The van der Waals surface area contributed by atoms with Gasteiger partial charge in [0.25, 0.3) is 0 Å². The number of imidazole rings is 1. The number of rotatable bonds is 4. The van der Waals surface area contributed by atoms with Crippen LogP contribution in [-0.2, 0) is 7.05 Å². The number of benzene rings is 1. The third-order valence-electron chi connectivity index (χ3n) is 2.47. The van der Waals surface area contributed by atoms with Gasteiger partial charge in [0.05, 0.1) is 24.4 Å². The standard InChI is InChI=1S/C14H19N3OSi/c1-17-11-15-9-12(17)10-16-13-7-5-6-8-14(13)18-19(2,3)4/h5-11H,1-4H3/b16-10+. The van der Waals surface area contributed by atoms with Crippen LogP contribution in [0.3, 0.4) is 0 Å². The Bertz CT molecular complexity index is 584. The van der Waals surface area contributed by atoms with E-state index in [1.165, 1.54) is 0 Å². The minimum absolute atomic E-state index is 0.847. The van der Waals surface area contributed by atoms with E-state index in [2.05, 4.69) is 29.6 Å². The average Bonchev–Trinajstić information content (AvgIpc) is 2.72. The molecule has 0 radical (unpaired) electrons. The predicted molar refractivity (Wildman–Crippen MR) is 80.9 cm³/mol. The zero-order chi connectivity index (χ0) is 13.9. The first-order valence-electron chi connectivity index (χ1n) is 6.24. The van der Waals surface area contributed by atoms with Crippen molar-refractivity contribution in [2.45, 2.75) is 19.6 Å². The van der Waals surface area contributed by atoms with Crippen molar-refractivity contribution in [1.82, 2.24) is 9.55 Å². The number of aliphatic imine (C=N–C) groups is 1. The topological polar surface area (TPSA) is 39.4 Å². The third-order valence-corrected chi connectivity index (χ3v) is 3.30. The van der Waals surface area contributed by atoms with Crippen molar-refractivity contribution in [3.05, 3.63) is 42.5 Å². The highest BCUT2D eigenvalue weighted by Gasteiger charge is 2.17. The Morgan fingerprint density at radius 2 is 2.00 bits per heavy atom. The van der Waals surface area contributed by atoms with Crippen LogP contribution in [0.2, 0.25) is 19.6 Å². The number of aromatic nitrogens is 2. The fourth-order valence-electron chi connectivity index (χ4n) is 1.61. The van der Waals surface area contributed by atoms with Crippen molar-refractivity contribution in [2.75, 3.05) is 0 Å². The molecule has 19 heavy (non-hydrogen) atoms. The predicted octanol–water partition coefficient (Wildman–Crippen LogP) is 3.38. The molecule has 0 saturated carbocycles. The molecule has 2 aromatic rings. The van der Waals surface area contributed by atoms with Crippen molar-refractivity contribution >= 4 is 20.2 Å². The first-order chi connectivity index (χ1) is 8.96. The van der Waals surface area contributed by atoms with Crippen LogP contribution in [0.5, 0.6) is 5.75 Å². The van der Waals surface area contributed by atoms with E-state index in [0.29, 0.717) is 0 Å². The van der Waals surface area contributed by atoms with Crippen LogP contribution in [0.15, 0.2) is 41.8 Å². The lowest BCUT2D eigenvalue weighted by atomic mass is 10.3. The van der Waals surface area contributed by atoms with E-state index >= 15 is 0 Å². The molecular weight excluding hydrogens is 254 g/mol. The SMILES string of the molecule is Cn1cncc1/C=N/c1ccccc1O[Si](C)(C)C. The van der Waals surface area contributed by atoms with Gasteiger partial charge >= 0.3 is 0 Å². The van der Waals surface area contributed by atoms with Gasteiger partial charge in [-0.1, -0.05) is 12.1 Å². The molecule has 0 atom stereocenters. The summed E-state index contributed by atoms with van der Waals surface area (Å²) in [6.45, 7) is 6.48. The second-order valence-electron chi connectivity index (χ2n) is 5.37. The van der Waals surface area contributed by atoms with Crippen LogP contribution in [-0.4, -0.2) is 24.1 Å². The molecule has 0 N–H and O–H groups in total. The minimum atomic E-state index is -1.63. The van der Waals surface area contributed by atoms with Gasteiger partial charge in [0.2, 0.25) is 8.32 Å². The molecule has 1 aromatic carbocycles. The molecule has 4 nitrogen and oxygen atoms in total. The van der Waals surface area contributed by atoms with Gasteiger partial charge in [-0.2, -0.15) is 0 Å². The van der Waals surface area contributed by atoms with Gasteiger partial charge in [-0.25, -0.2) is 4.98 Å². The number of para-hydroxylation sites is 2. The highest BCUT2D eigenvalue weighted by molar-refractivity contribution is 6.70. The summed E-state index contributed by atoms with van der Waals surface area (Å²) in [6.07, 6.45) is 5.34. The maximum atomic E-state index is 6.04. The Labute approximate surface area is 114 Å². The van der Waals surface area contributed by atoms with Crippen LogP contribution in [0.1, 0.15) is 5.69 Å². The number of nitrogens with zero attached hydrogens (tertiary/aromatic N) is 3. The highest BCUT2D eigenvalue weighted by Crippen LogP contribution is 2.29. The molecule has 0 fully saturated rings. The van der Waals surface area contributed by atoms with E-state index in [4.69, 9.17) is 4.43 Å². The summed E-state index contributed by atoms with van der Waals surface area (Å²) < 4.78 is 7.96. The Morgan fingerprint density at radius 1 is 1.26 bits per heavy atom. The lowest BCUT2D eigenvalue weighted by Gasteiger charge is -2.20. The van der Waals surface area contributed by atoms with Gasteiger partial charge in [-0.05, 0) is 31.8 Å². The van der Waals surface area contributed by atoms with Gasteiger partial charge in [-0.15, -0.1) is 0 Å². The lowest BCUT2D eigenvalue weighted by molar-refractivity contribution is 0.559. The van der Waals surface area contributed by atoms with Crippen molar-refractivity contribution in [1.29, 1.82) is 0 Å². The zero-order valence-electron chi connectivity index (χ0n) is 11.8. The average molecular weight is 273 g/mol. The molecule has 0 aliphatic rings. The maximum absolute atomic E-state index is 6.04. The summed E-state index contributed by atoms with van der Waals surface area (Å²) in [5.41, 5.74) is 1.81. The fraction of sp³-hybridized carbons (Fsp3) is 0.286. The lowest BCUT2D eigenvalue weighted by Crippen LogP contribution is -2.29. The van der Waals surface area contributed by atoms with Crippen molar-refractivity contribution in [3.63, 3.8) is 0 Å². The maximum Gasteiger partial charge on any atom is 0.242 e. The molecule has 0 amide bonds. The van der Waals surface area contributed by atoms with Crippen LogP contribution in [0.25, 0.3) is 0 Å². The first kappa shape index (κ1) is 13.5. The molecule has 0 unspecified atom stereocenters. The quantitative estimate of drug-likeness (QED) is 0.633. The van der Waals surface area contributed by atoms with Gasteiger partial charge in [0, 0.05) is 7.05 Å². The molecule has 0 bridgehead atoms. The second kappa shape index (κ2) is 5.40. The van der Waals surface area contributed by atoms with Crippen LogP contribution >= 0.6 is 0 Å². The minimum Gasteiger partial charge on any atom is -0.543 e. The van der Waals surface area contributed by atoms with Gasteiger partial charge < -0.3 is 8.99 Å². The van der Waals surface area contributed by atoms with Crippen molar-refractivity contribution in [2.24, 2.45) is 12.0 Å². The monoisotopic (exact) mass is 273 g/mol. The van der Waals surface area contributed by atoms with E-state index in [1.807, 2.05) is 35.9 Å². The summed E-state index contributed by atoms with van der Waals surface area (Å²) in [7, 11) is 0.316. The Balaban J connectivity index is 2.25. The third kappa shape index (κ3) is 3.79. The Hall–Kier alpha value is -1.88. The van der Waals surface area contributed by atoms with E-state index in [-0.39, 0.29) is 0 Å². The number of aryl methyl sites for hydroxylation is 1. The molecule has 0 aliphatic carbocycles. The number of hydrogen-bond acceptors (Lipinski definition) is 3. The summed E-state index contributed by atoms with van der Waals surface area (Å²) >= 11 is 0. The smallest absolute Gasteiger partial charge is 0.242 e. The van der Waals surface area contributed by atoms with Crippen LogP contribution in [0, 0.1) is 0 Å². The Morgan fingerprint density at radius 3 is 2.63 bits per heavy atom. The molecule has 5 heteroatoms. The molecule has 0 saturated heterocycles. The fourth-order valence-corrected chi connectivity index (χ4v) is 2.44. The van der Waals surface area contributed by atoms with Crippen molar-refractivity contribution in [3.8, 4) is 5.75 Å². The molecule has 0 spiro atoms. The summed E-state index contributed by atoms with van der Waals surface area (Å²) in [5.74, 6) is 0.847. The van der Waals surface area contributed by atoms with E-state index in [0.717, 1.165) is 17.1 Å². The van der Waals surface area contributed by atoms with E-state index in [1.54, 1.807) is 18.7 Å². The van der Waals surface area contributed by atoms with Gasteiger partial charge in [0.1, 0.15) is 11.4 Å². The van der Waals surface area contributed by atoms with E-state index < -0.39 is 8.32 Å². The van der Waals surface area contributed by atoms with Gasteiger partial charge in [0.15, 0.2) is 0 Å². The van der Waals surface area contributed by atoms with Crippen LogP contribution < -0.4 is 4.43 Å². The molecule has 0 aliphatic heterocycles. The largest absolute Gasteiger partial charge is 0.543 e. The molecule has 100 valence electrons. The number of hydrogen-bond donors (Lipinski definition) is 0. The highest BCUT2D eigenvalue weighted by atomic mass is 28.4. The second-order valence-corrected chi connectivity index (χ2v) is 9.80. The molecule has 1 heterocycles. The van der Waals surface area contributed by atoms with E-state index in [9.17, 15) is 0 Å². The first-order valence-corrected chi connectivity index (χ1v) is 9.65. The normalized spacial score (nSPS) is 12.0. The summed E-state index contributed by atoms with van der Waals surface area (Å²) in [5, 5.41) is 0.